The molecule has 10 heteroatoms. The van der Waals surface area contributed by atoms with Crippen molar-refractivity contribution < 1.29 is 27.0 Å². The summed E-state index contributed by atoms with van der Waals surface area (Å²) in [5.41, 5.74) is 0. The minimum Gasteiger partial charge on any atom is -0.493 e. The van der Waals surface area contributed by atoms with Gasteiger partial charge in [-0.3, -0.25) is 4.90 Å². The van der Waals surface area contributed by atoms with Crippen molar-refractivity contribution in [2.24, 2.45) is 5.92 Å². The van der Waals surface area contributed by atoms with Crippen LogP contribution in [0, 0.1) is 11.7 Å². The zero-order valence-corrected chi connectivity index (χ0v) is 16.2. The van der Waals surface area contributed by atoms with Crippen molar-refractivity contribution in [1.82, 2.24) is 14.9 Å². The van der Waals surface area contributed by atoms with Crippen LogP contribution in [0.2, 0.25) is 0 Å². The lowest BCUT2D eigenvalue weighted by Crippen LogP contribution is -2.57. The largest absolute Gasteiger partial charge is 0.573 e. The molecule has 0 radical (unpaired) electrons. The first-order chi connectivity index (χ1) is 14.4. The van der Waals surface area contributed by atoms with Gasteiger partial charge in [-0.1, -0.05) is 6.07 Å². The molecule has 0 spiro atoms. The Labute approximate surface area is 171 Å². The zero-order chi connectivity index (χ0) is 21.1. The number of ether oxygens (including phenoxy) is 2. The Kier molecular flexibility index (Phi) is 5.94. The van der Waals surface area contributed by atoms with Gasteiger partial charge >= 0.3 is 6.36 Å². The fraction of sp³-hybridized carbons (Fsp3) is 0.500. The normalized spacial score (nSPS) is 22.5. The van der Waals surface area contributed by atoms with Gasteiger partial charge in [0.1, 0.15) is 11.5 Å². The van der Waals surface area contributed by atoms with Gasteiger partial charge in [0.15, 0.2) is 5.82 Å². The number of halogens is 4. The van der Waals surface area contributed by atoms with E-state index < -0.39 is 12.2 Å². The van der Waals surface area contributed by atoms with Crippen LogP contribution in [-0.4, -0.2) is 60.1 Å². The predicted molar refractivity (Wildman–Crippen MR) is 101 cm³/mol. The third-order valence-corrected chi connectivity index (χ3v) is 5.42. The summed E-state index contributed by atoms with van der Waals surface area (Å²) in [6, 6.07) is 5.96. The molecule has 2 aliphatic heterocycles. The van der Waals surface area contributed by atoms with E-state index in [1.165, 1.54) is 30.6 Å². The summed E-state index contributed by atoms with van der Waals surface area (Å²) in [7, 11) is 0. The van der Waals surface area contributed by atoms with E-state index >= 15 is 0 Å². The summed E-state index contributed by atoms with van der Waals surface area (Å²) in [6.07, 6.45) is -0.436. The predicted octanol–water partition coefficient (Wildman–Crippen LogP) is 3.49. The SMILES string of the molecule is Fc1cnc(N2CCN3C[C@@H](COc4cccc(OC(F)(F)F)c4)CC[C@H]3C2)nc1. The number of hydrogen-bond acceptors (Lipinski definition) is 6. The lowest BCUT2D eigenvalue weighted by molar-refractivity contribution is -0.274. The van der Waals surface area contributed by atoms with E-state index in [-0.39, 0.29) is 5.75 Å². The van der Waals surface area contributed by atoms with Crippen molar-refractivity contribution in [3.8, 4) is 11.5 Å². The van der Waals surface area contributed by atoms with Gasteiger partial charge < -0.3 is 14.4 Å². The number of piperidine rings is 1. The van der Waals surface area contributed by atoms with Crippen LogP contribution in [0.4, 0.5) is 23.5 Å². The van der Waals surface area contributed by atoms with Crippen LogP contribution < -0.4 is 14.4 Å². The molecule has 0 amide bonds. The number of nitrogens with zero attached hydrogens (tertiary/aromatic N) is 4. The van der Waals surface area contributed by atoms with Gasteiger partial charge in [0.05, 0.1) is 19.0 Å². The van der Waals surface area contributed by atoms with Crippen LogP contribution >= 0.6 is 0 Å². The molecule has 2 saturated heterocycles. The molecule has 0 N–H and O–H groups in total. The molecule has 30 heavy (non-hydrogen) atoms. The smallest absolute Gasteiger partial charge is 0.493 e. The first-order valence-corrected chi connectivity index (χ1v) is 9.81. The van der Waals surface area contributed by atoms with Gasteiger partial charge in [-0.25, -0.2) is 14.4 Å². The maximum absolute atomic E-state index is 13.0. The van der Waals surface area contributed by atoms with Gasteiger partial charge in [-0.2, -0.15) is 0 Å². The molecule has 2 atom stereocenters. The fourth-order valence-corrected chi connectivity index (χ4v) is 4.02. The van der Waals surface area contributed by atoms with Crippen molar-refractivity contribution >= 4 is 5.95 Å². The number of piperazine rings is 1. The molecule has 0 bridgehead atoms. The second kappa shape index (κ2) is 8.63. The molecular weight excluding hydrogens is 404 g/mol. The molecule has 162 valence electrons. The Morgan fingerprint density at radius 2 is 1.80 bits per heavy atom. The van der Waals surface area contributed by atoms with Crippen LogP contribution in [0.5, 0.6) is 11.5 Å². The highest BCUT2D eigenvalue weighted by atomic mass is 19.4. The quantitative estimate of drug-likeness (QED) is 0.683. The highest BCUT2D eigenvalue weighted by molar-refractivity contribution is 5.33. The number of anilines is 1. The Hall–Kier alpha value is -2.62. The first-order valence-electron chi connectivity index (χ1n) is 9.81. The third-order valence-electron chi connectivity index (χ3n) is 5.42. The summed E-state index contributed by atoms with van der Waals surface area (Å²) in [5, 5.41) is 0. The Bertz CT molecular complexity index is 849. The Balaban J connectivity index is 1.28. The Morgan fingerprint density at radius 1 is 1.03 bits per heavy atom. The van der Waals surface area contributed by atoms with Crippen molar-refractivity contribution in [3.05, 3.63) is 42.5 Å². The van der Waals surface area contributed by atoms with Gasteiger partial charge in [-0.05, 0) is 25.0 Å². The summed E-state index contributed by atoms with van der Waals surface area (Å²) >= 11 is 0. The van der Waals surface area contributed by atoms with Crippen molar-refractivity contribution in [1.29, 1.82) is 0 Å². The number of rotatable bonds is 5. The topological polar surface area (TPSA) is 50.7 Å². The maximum Gasteiger partial charge on any atom is 0.573 e. The van der Waals surface area contributed by atoms with E-state index in [0.29, 0.717) is 30.3 Å². The molecule has 0 saturated carbocycles. The zero-order valence-electron chi connectivity index (χ0n) is 16.2. The fourth-order valence-electron chi connectivity index (χ4n) is 4.02. The molecule has 2 aromatic rings. The van der Waals surface area contributed by atoms with Gasteiger partial charge in [0, 0.05) is 44.2 Å². The van der Waals surface area contributed by atoms with Crippen LogP contribution in [0.15, 0.2) is 36.7 Å². The number of fused-ring (bicyclic) bond motifs is 1. The van der Waals surface area contributed by atoms with E-state index in [2.05, 4.69) is 24.5 Å². The minimum atomic E-state index is -4.72. The van der Waals surface area contributed by atoms with E-state index in [1.54, 1.807) is 6.07 Å². The first kappa shape index (κ1) is 20.6. The summed E-state index contributed by atoms with van der Waals surface area (Å²) in [4.78, 5) is 12.6. The highest BCUT2D eigenvalue weighted by Gasteiger charge is 2.34. The number of benzene rings is 1. The van der Waals surface area contributed by atoms with Crippen LogP contribution in [-0.2, 0) is 0 Å². The average Bonchev–Trinajstić information content (AvgIpc) is 2.71. The van der Waals surface area contributed by atoms with Crippen LogP contribution in [0.3, 0.4) is 0 Å². The molecule has 4 rings (SSSR count). The van der Waals surface area contributed by atoms with Crippen molar-refractivity contribution in [3.63, 3.8) is 0 Å². The molecular formula is C20H22F4N4O2. The van der Waals surface area contributed by atoms with E-state index in [4.69, 9.17) is 4.74 Å². The second-order valence-electron chi connectivity index (χ2n) is 7.57. The van der Waals surface area contributed by atoms with Crippen molar-refractivity contribution in [2.75, 3.05) is 37.7 Å². The molecule has 0 aliphatic carbocycles. The van der Waals surface area contributed by atoms with Crippen LogP contribution in [0.1, 0.15) is 12.8 Å². The van der Waals surface area contributed by atoms with Gasteiger partial charge in [0.25, 0.3) is 0 Å². The number of aromatic nitrogens is 2. The number of alkyl halides is 3. The summed E-state index contributed by atoms with van der Waals surface area (Å²) < 4.78 is 59.8. The van der Waals surface area contributed by atoms with E-state index in [1.807, 2.05) is 0 Å². The monoisotopic (exact) mass is 426 g/mol. The molecule has 3 heterocycles. The third kappa shape index (κ3) is 5.29. The van der Waals surface area contributed by atoms with Gasteiger partial charge in [0.2, 0.25) is 5.95 Å². The Morgan fingerprint density at radius 3 is 2.57 bits per heavy atom. The summed E-state index contributed by atoms with van der Waals surface area (Å²) in [5.74, 6) is 0.456. The maximum atomic E-state index is 13.0. The molecule has 2 fully saturated rings. The summed E-state index contributed by atoms with van der Waals surface area (Å²) in [6.45, 7) is 3.68. The van der Waals surface area contributed by atoms with Gasteiger partial charge in [-0.15, -0.1) is 13.2 Å². The molecule has 1 aromatic heterocycles. The molecule has 0 unspecified atom stereocenters. The second-order valence-corrected chi connectivity index (χ2v) is 7.57. The molecule has 2 aliphatic rings. The highest BCUT2D eigenvalue weighted by Crippen LogP contribution is 2.29. The van der Waals surface area contributed by atoms with Crippen molar-refractivity contribution in [2.45, 2.75) is 25.2 Å². The minimum absolute atomic E-state index is 0.289. The lowest BCUT2D eigenvalue weighted by Gasteiger charge is -2.46. The number of hydrogen-bond donors (Lipinski definition) is 0. The molecule has 1 aromatic carbocycles. The van der Waals surface area contributed by atoms with E-state index in [9.17, 15) is 17.6 Å². The van der Waals surface area contributed by atoms with Crippen LogP contribution in [0.25, 0.3) is 0 Å². The average molecular weight is 426 g/mol. The molecule has 6 nitrogen and oxygen atoms in total. The van der Waals surface area contributed by atoms with E-state index in [0.717, 1.165) is 39.0 Å². The lowest BCUT2D eigenvalue weighted by atomic mass is 9.91. The standard InChI is InChI=1S/C20H22F4N4O2/c21-15-9-25-19(26-10-15)28-7-6-27-11-14(4-5-16(27)12-28)13-29-17-2-1-3-18(8-17)30-20(22,23)24/h1-3,8-10,14,16H,4-7,11-13H2/t14-,16-/m0/s1.